The monoisotopic (exact) mass is 501 g/mol. The summed E-state index contributed by atoms with van der Waals surface area (Å²) in [7, 11) is 0. The Labute approximate surface area is 203 Å². The zero-order valence-electron chi connectivity index (χ0n) is 18.4. The number of aromatic carboxylic acids is 1. The summed E-state index contributed by atoms with van der Waals surface area (Å²) >= 11 is 6.02. The van der Waals surface area contributed by atoms with E-state index in [2.05, 4.69) is 0 Å². The Hall–Kier alpha value is -3.79. The van der Waals surface area contributed by atoms with Crippen LogP contribution in [0, 0.1) is 5.82 Å². The van der Waals surface area contributed by atoms with Gasteiger partial charge in [-0.05, 0) is 37.1 Å². The minimum atomic E-state index is -1.35. The predicted octanol–water partition coefficient (Wildman–Crippen LogP) is 3.20. The summed E-state index contributed by atoms with van der Waals surface area (Å²) in [4.78, 5) is 40.4. The third-order valence-electron chi connectivity index (χ3n) is 6.50. The summed E-state index contributed by atoms with van der Waals surface area (Å²) < 4.78 is 16.9. The van der Waals surface area contributed by atoms with Crippen LogP contribution in [0.25, 0.3) is 10.9 Å². The van der Waals surface area contributed by atoms with Crippen LogP contribution >= 0.6 is 11.6 Å². The molecular formula is C24H21ClFN3O6. The number of hydrogen-bond donors (Lipinski definition) is 3. The molecule has 2 fully saturated rings. The van der Waals surface area contributed by atoms with E-state index in [-0.39, 0.29) is 46.4 Å². The van der Waals surface area contributed by atoms with Crippen molar-refractivity contribution >= 4 is 40.1 Å². The van der Waals surface area contributed by atoms with Crippen LogP contribution in [0.5, 0.6) is 11.5 Å². The summed E-state index contributed by atoms with van der Waals surface area (Å²) in [6, 6.07) is 5.24. The average Bonchev–Trinajstić information content (AvgIpc) is 3.68. The molecule has 2 heterocycles. The lowest BCUT2D eigenvalue weighted by molar-refractivity contribution is 0.0693. The van der Waals surface area contributed by atoms with E-state index in [0.29, 0.717) is 18.6 Å². The molecule has 1 amide bonds. The molecule has 2 aromatic carbocycles. The van der Waals surface area contributed by atoms with Crippen LogP contribution < -0.4 is 10.3 Å². The van der Waals surface area contributed by atoms with Gasteiger partial charge in [-0.25, -0.2) is 9.18 Å². The molecule has 35 heavy (non-hydrogen) atoms. The maximum atomic E-state index is 15.1. The third kappa shape index (κ3) is 3.93. The lowest BCUT2D eigenvalue weighted by Gasteiger charge is -2.36. The number of fused-ring (bicyclic) bond motifs is 1. The Bertz CT molecular complexity index is 1440. The molecule has 1 saturated heterocycles. The van der Waals surface area contributed by atoms with Crippen molar-refractivity contribution in [3.05, 3.63) is 62.7 Å². The number of aromatic hydroxyl groups is 2. The van der Waals surface area contributed by atoms with Gasteiger partial charge >= 0.3 is 5.97 Å². The Kier molecular flexibility index (Phi) is 5.55. The SMILES string of the molecule is O=C(O)c1cn(C2CC2)c2cc(N3CCN(C(=O)c4ccc(O)c(O)c4Cl)CC3)c(F)cc2c1=O. The van der Waals surface area contributed by atoms with E-state index >= 15 is 4.39 Å². The first-order valence-corrected chi connectivity index (χ1v) is 11.4. The van der Waals surface area contributed by atoms with Crippen molar-refractivity contribution in [2.75, 3.05) is 31.1 Å². The molecule has 11 heteroatoms. The Morgan fingerprint density at radius 2 is 1.71 bits per heavy atom. The largest absolute Gasteiger partial charge is 0.504 e. The standard InChI is InChI=1S/C24H21ClFN3O6/c25-20-13(3-4-19(30)22(20)32)23(33)28-7-5-27(6-8-28)18-10-17-14(9-16(18)26)21(31)15(24(34)35)11-29(17)12-1-2-12/h3-4,9-12,30,32H,1-2,5-8H2,(H,34,35). The van der Waals surface area contributed by atoms with Crippen molar-refractivity contribution in [1.29, 1.82) is 0 Å². The van der Waals surface area contributed by atoms with Gasteiger partial charge in [0.1, 0.15) is 11.4 Å². The van der Waals surface area contributed by atoms with E-state index in [1.807, 2.05) is 0 Å². The lowest BCUT2D eigenvalue weighted by atomic mass is 10.1. The second-order valence-corrected chi connectivity index (χ2v) is 9.09. The van der Waals surface area contributed by atoms with E-state index < -0.39 is 34.6 Å². The quantitative estimate of drug-likeness (QED) is 0.469. The normalized spacial score (nSPS) is 16.1. The van der Waals surface area contributed by atoms with Crippen molar-refractivity contribution in [1.82, 2.24) is 9.47 Å². The number of benzene rings is 2. The summed E-state index contributed by atoms with van der Waals surface area (Å²) in [5.74, 6) is -3.41. The summed E-state index contributed by atoms with van der Waals surface area (Å²) in [6.45, 7) is 1.11. The molecule has 1 saturated carbocycles. The van der Waals surface area contributed by atoms with Crippen molar-refractivity contribution in [3.63, 3.8) is 0 Å². The number of anilines is 1. The highest BCUT2D eigenvalue weighted by Crippen LogP contribution is 2.39. The number of amides is 1. The fourth-order valence-electron chi connectivity index (χ4n) is 4.45. The molecule has 2 aliphatic rings. The zero-order chi connectivity index (χ0) is 25.0. The van der Waals surface area contributed by atoms with Crippen molar-refractivity contribution in [2.24, 2.45) is 0 Å². The van der Waals surface area contributed by atoms with E-state index in [9.17, 15) is 29.7 Å². The smallest absolute Gasteiger partial charge is 0.341 e. The molecule has 1 aliphatic heterocycles. The molecule has 3 aromatic rings. The number of carboxylic acid groups (broad SMARTS) is 1. The molecule has 0 bridgehead atoms. The van der Waals surface area contributed by atoms with E-state index in [0.717, 1.165) is 18.9 Å². The highest BCUT2D eigenvalue weighted by molar-refractivity contribution is 6.35. The van der Waals surface area contributed by atoms with Crippen LogP contribution in [0.1, 0.15) is 39.6 Å². The molecule has 0 radical (unpaired) electrons. The first-order valence-electron chi connectivity index (χ1n) is 11.0. The molecule has 0 spiro atoms. The van der Waals surface area contributed by atoms with Crippen molar-refractivity contribution in [3.8, 4) is 11.5 Å². The Morgan fingerprint density at radius 3 is 2.34 bits per heavy atom. The number of carboxylic acids is 1. The second-order valence-electron chi connectivity index (χ2n) is 8.71. The highest BCUT2D eigenvalue weighted by Gasteiger charge is 2.30. The number of nitrogens with zero attached hydrogens (tertiary/aromatic N) is 3. The van der Waals surface area contributed by atoms with E-state index in [1.54, 1.807) is 15.5 Å². The number of piperazine rings is 1. The molecule has 0 unspecified atom stereocenters. The molecular weight excluding hydrogens is 481 g/mol. The van der Waals surface area contributed by atoms with Gasteiger partial charge in [-0.15, -0.1) is 0 Å². The average molecular weight is 502 g/mol. The number of pyridine rings is 1. The number of carbonyl (C=O) groups is 2. The van der Waals surface area contributed by atoms with Crippen LogP contribution in [0.4, 0.5) is 10.1 Å². The van der Waals surface area contributed by atoms with Crippen LogP contribution in [0.15, 0.2) is 35.3 Å². The zero-order valence-corrected chi connectivity index (χ0v) is 19.1. The van der Waals surface area contributed by atoms with Gasteiger partial charge in [0.05, 0.1) is 21.8 Å². The minimum absolute atomic E-state index is 0.0219. The predicted molar refractivity (Wildman–Crippen MR) is 126 cm³/mol. The van der Waals surface area contributed by atoms with Crippen LogP contribution in [0.2, 0.25) is 5.02 Å². The number of phenols is 2. The van der Waals surface area contributed by atoms with Gasteiger partial charge in [0.25, 0.3) is 5.91 Å². The van der Waals surface area contributed by atoms with E-state index in [4.69, 9.17) is 11.6 Å². The first-order chi connectivity index (χ1) is 16.7. The van der Waals surface area contributed by atoms with Crippen LogP contribution in [-0.2, 0) is 0 Å². The molecule has 5 rings (SSSR count). The summed E-state index contributed by atoms with van der Waals surface area (Å²) in [5, 5.41) is 28.5. The summed E-state index contributed by atoms with van der Waals surface area (Å²) in [6.07, 6.45) is 3.03. The number of halogens is 2. The number of phenolic OH excluding ortho intramolecular Hbond substituents is 2. The van der Waals surface area contributed by atoms with Gasteiger partial charge < -0.3 is 29.7 Å². The minimum Gasteiger partial charge on any atom is -0.504 e. The number of hydrogen-bond acceptors (Lipinski definition) is 6. The van der Waals surface area contributed by atoms with Gasteiger partial charge in [-0.1, -0.05) is 11.6 Å². The fraction of sp³-hybridized carbons (Fsp3) is 0.292. The molecule has 0 atom stereocenters. The van der Waals surface area contributed by atoms with Gasteiger partial charge in [-0.2, -0.15) is 0 Å². The maximum absolute atomic E-state index is 15.1. The highest BCUT2D eigenvalue weighted by atomic mass is 35.5. The van der Waals surface area contributed by atoms with Crippen LogP contribution in [0.3, 0.4) is 0 Å². The van der Waals surface area contributed by atoms with Crippen molar-refractivity contribution < 1.29 is 29.3 Å². The molecule has 182 valence electrons. The molecule has 1 aromatic heterocycles. The topological polar surface area (TPSA) is 123 Å². The van der Waals surface area contributed by atoms with Gasteiger partial charge in [-0.3, -0.25) is 9.59 Å². The molecule has 1 aliphatic carbocycles. The lowest BCUT2D eigenvalue weighted by Crippen LogP contribution is -2.49. The Morgan fingerprint density at radius 1 is 1.03 bits per heavy atom. The summed E-state index contributed by atoms with van der Waals surface area (Å²) in [5.41, 5.74) is -0.317. The molecule has 9 nitrogen and oxygen atoms in total. The van der Waals surface area contributed by atoms with Crippen LogP contribution in [-0.4, -0.2) is 62.8 Å². The Balaban J connectivity index is 1.43. The van der Waals surface area contributed by atoms with Gasteiger partial charge in [0.2, 0.25) is 5.43 Å². The third-order valence-corrected chi connectivity index (χ3v) is 6.89. The number of aromatic nitrogens is 1. The number of rotatable bonds is 4. The number of carbonyl (C=O) groups excluding carboxylic acids is 1. The van der Waals surface area contributed by atoms with Gasteiger partial charge in [0, 0.05) is 43.8 Å². The first kappa shape index (κ1) is 23.0. The second kappa shape index (κ2) is 8.46. The fourth-order valence-corrected chi connectivity index (χ4v) is 4.69. The maximum Gasteiger partial charge on any atom is 0.341 e. The van der Waals surface area contributed by atoms with Crippen molar-refractivity contribution in [2.45, 2.75) is 18.9 Å². The van der Waals surface area contributed by atoms with Gasteiger partial charge in [0.15, 0.2) is 11.5 Å². The molecule has 3 N–H and O–H groups in total. The van der Waals surface area contributed by atoms with E-state index in [1.165, 1.54) is 23.2 Å².